The Morgan fingerprint density at radius 1 is 1.17 bits per heavy atom. The van der Waals surface area contributed by atoms with Crippen LogP contribution in [0.15, 0.2) is 24.5 Å². The number of ether oxygens (including phenoxy) is 2. The van der Waals surface area contributed by atoms with Crippen molar-refractivity contribution in [3.63, 3.8) is 0 Å². The Balaban J connectivity index is 1.83. The van der Waals surface area contributed by atoms with Gasteiger partial charge in [-0.15, -0.1) is 0 Å². The molecule has 0 aliphatic carbocycles. The van der Waals surface area contributed by atoms with Crippen molar-refractivity contribution in [1.82, 2.24) is 14.9 Å². The fourth-order valence-corrected chi connectivity index (χ4v) is 2.59. The van der Waals surface area contributed by atoms with Crippen molar-refractivity contribution >= 4 is 0 Å². The topological polar surface area (TPSA) is 48.3 Å². The molecule has 1 heterocycles. The van der Waals surface area contributed by atoms with E-state index in [4.69, 9.17) is 9.47 Å². The van der Waals surface area contributed by atoms with E-state index in [1.54, 1.807) is 14.2 Å². The lowest BCUT2D eigenvalue weighted by Gasteiger charge is -2.16. The number of aryl methyl sites for hydroxylation is 1. The number of hydrogen-bond acceptors (Lipinski definition) is 4. The van der Waals surface area contributed by atoms with E-state index in [-0.39, 0.29) is 0 Å². The Morgan fingerprint density at radius 2 is 1.91 bits per heavy atom. The molecule has 0 radical (unpaired) electrons. The molecule has 1 aromatic carbocycles. The predicted molar refractivity (Wildman–Crippen MR) is 92.4 cm³/mol. The van der Waals surface area contributed by atoms with Crippen LogP contribution in [0.25, 0.3) is 0 Å². The van der Waals surface area contributed by atoms with Crippen LogP contribution in [0.1, 0.15) is 23.9 Å². The van der Waals surface area contributed by atoms with Crippen LogP contribution in [0.2, 0.25) is 0 Å². The summed E-state index contributed by atoms with van der Waals surface area (Å²) in [5.74, 6) is 1.55. The predicted octanol–water partition coefficient (Wildman–Crippen LogP) is 2.74. The molecule has 1 aromatic heterocycles. The Bertz CT molecular complexity index is 637. The molecule has 1 atom stereocenters. The first-order chi connectivity index (χ1) is 11.0. The third-order valence-electron chi connectivity index (χ3n) is 4.17. The van der Waals surface area contributed by atoms with Gasteiger partial charge in [0.1, 0.15) is 0 Å². The maximum absolute atomic E-state index is 5.34. The van der Waals surface area contributed by atoms with E-state index in [0.717, 1.165) is 36.7 Å². The van der Waals surface area contributed by atoms with Crippen LogP contribution in [0.5, 0.6) is 11.5 Å². The van der Waals surface area contributed by atoms with Gasteiger partial charge < -0.3 is 19.4 Å². The van der Waals surface area contributed by atoms with Crippen molar-refractivity contribution in [1.29, 1.82) is 0 Å². The maximum Gasteiger partial charge on any atom is 0.160 e. The first kappa shape index (κ1) is 17.3. The lowest BCUT2D eigenvalue weighted by Crippen LogP contribution is -2.32. The summed E-state index contributed by atoms with van der Waals surface area (Å²) in [6, 6.07) is 6.46. The molecule has 126 valence electrons. The fraction of sp³-hybridized carbons (Fsp3) is 0.500. The molecular formula is C18H27N3O2. The Labute approximate surface area is 138 Å². The molecule has 23 heavy (non-hydrogen) atoms. The van der Waals surface area contributed by atoms with E-state index < -0.39 is 0 Å². The van der Waals surface area contributed by atoms with Crippen LogP contribution >= 0.6 is 0 Å². The molecule has 0 fully saturated rings. The van der Waals surface area contributed by atoms with Crippen LogP contribution < -0.4 is 14.8 Å². The van der Waals surface area contributed by atoms with E-state index in [1.165, 1.54) is 11.3 Å². The van der Waals surface area contributed by atoms with E-state index in [2.05, 4.69) is 34.8 Å². The number of benzene rings is 1. The summed E-state index contributed by atoms with van der Waals surface area (Å²) < 4.78 is 12.8. The zero-order valence-corrected chi connectivity index (χ0v) is 14.7. The molecule has 0 bridgehead atoms. The lowest BCUT2D eigenvalue weighted by molar-refractivity contribution is 0.354. The first-order valence-electron chi connectivity index (χ1n) is 7.97. The first-order valence-corrected chi connectivity index (χ1v) is 7.97. The molecule has 2 aromatic rings. The van der Waals surface area contributed by atoms with Gasteiger partial charge in [0.15, 0.2) is 11.5 Å². The third-order valence-corrected chi connectivity index (χ3v) is 4.17. The second kappa shape index (κ2) is 8.02. The Kier molecular flexibility index (Phi) is 6.04. The molecule has 1 N–H and O–H groups in total. The number of hydrogen-bond donors (Lipinski definition) is 1. The van der Waals surface area contributed by atoms with Gasteiger partial charge in [-0.2, -0.15) is 0 Å². The monoisotopic (exact) mass is 317 g/mol. The van der Waals surface area contributed by atoms with Gasteiger partial charge in [0.05, 0.1) is 26.2 Å². The summed E-state index contributed by atoms with van der Waals surface area (Å²) in [5, 5.41) is 3.56. The molecule has 0 unspecified atom stereocenters. The summed E-state index contributed by atoms with van der Waals surface area (Å²) in [6.07, 6.45) is 2.86. The van der Waals surface area contributed by atoms with E-state index in [1.807, 2.05) is 25.4 Å². The summed E-state index contributed by atoms with van der Waals surface area (Å²) in [5.41, 5.74) is 3.57. The second-order valence-electron chi connectivity index (χ2n) is 5.86. The van der Waals surface area contributed by atoms with Crippen LogP contribution in [0.3, 0.4) is 0 Å². The highest BCUT2D eigenvalue weighted by atomic mass is 16.5. The smallest absolute Gasteiger partial charge is 0.160 e. The molecular weight excluding hydrogens is 290 g/mol. The molecule has 0 aliphatic rings. The largest absolute Gasteiger partial charge is 0.493 e. The van der Waals surface area contributed by atoms with Gasteiger partial charge in [-0.1, -0.05) is 6.07 Å². The average molecular weight is 317 g/mol. The Hall–Kier alpha value is -2.01. The highest BCUT2D eigenvalue weighted by molar-refractivity contribution is 5.42. The van der Waals surface area contributed by atoms with Gasteiger partial charge in [-0.25, -0.2) is 4.98 Å². The summed E-state index contributed by atoms with van der Waals surface area (Å²) in [7, 11) is 3.32. The highest BCUT2D eigenvalue weighted by Crippen LogP contribution is 2.27. The third kappa shape index (κ3) is 4.48. The van der Waals surface area contributed by atoms with E-state index in [9.17, 15) is 0 Å². The molecule has 0 aliphatic heterocycles. The number of nitrogens with one attached hydrogen (secondary N) is 1. The molecule has 5 nitrogen and oxygen atoms in total. The molecule has 2 rings (SSSR count). The van der Waals surface area contributed by atoms with E-state index >= 15 is 0 Å². The Morgan fingerprint density at radius 3 is 2.52 bits per heavy atom. The normalized spacial score (nSPS) is 12.2. The van der Waals surface area contributed by atoms with Crippen LogP contribution in [0, 0.1) is 13.8 Å². The molecule has 0 spiro atoms. The molecule has 0 saturated carbocycles. The van der Waals surface area contributed by atoms with Gasteiger partial charge in [-0.05, 0) is 51.4 Å². The minimum Gasteiger partial charge on any atom is -0.493 e. The van der Waals surface area contributed by atoms with Crippen molar-refractivity contribution < 1.29 is 9.47 Å². The number of rotatable bonds is 8. The van der Waals surface area contributed by atoms with Crippen molar-refractivity contribution in [3.05, 3.63) is 41.5 Å². The van der Waals surface area contributed by atoms with Crippen LogP contribution in [0.4, 0.5) is 0 Å². The second-order valence-corrected chi connectivity index (χ2v) is 5.86. The SMILES string of the molecule is COc1ccc(CCN[C@@H](C)Cn2cnc(C)c2C)cc1OC. The highest BCUT2D eigenvalue weighted by Gasteiger charge is 2.08. The van der Waals surface area contributed by atoms with Crippen molar-refractivity contribution in [3.8, 4) is 11.5 Å². The van der Waals surface area contributed by atoms with Gasteiger partial charge in [0.25, 0.3) is 0 Å². The molecule has 0 amide bonds. The summed E-state index contributed by atoms with van der Waals surface area (Å²) >= 11 is 0. The van der Waals surface area contributed by atoms with Gasteiger partial charge >= 0.3 is 0 Å². The summed E-state index contributed by atoms with van der Waals surface area (Å²) in [4.78, 5) is 4.34. The zero-order chi connectivity index (χ0) is 16.8. The maximum atomic E-state index is 5.34. The van der Waals surface area contributed by atoms with Gasteiger partial charge in [0, 0.05) is 18.3 Å². The van der Waals surface area contributed by atoms with Crippen LogP contribution in [-0.2, 0) is 13.0 Å². The van der Waals surface area contributed by atoms with Crippen LogP contribution in [-0.4, -0.2) is 36.4 Å². The number of methoxy groups -OCH3 is 2. The van der Waals surface area contributed by atoms with Crippen molar-refractivity contribution in [2.24, 2.45) is 0 Å². The summed E-state index contributed by atoms with van der Waals surface area (Å²) in [6.45, 7) is 8.20. The standard InChI is InChI=1S/C18H27N3O2/c1-13(11-21-12-20-14(2)15(21)3)19-9-8-16-6-7-17(22-4)18(10-16)23-5/h6-7,10,12-13,19H,8-9,11H2,1-5H3/t13-/m0/s1. The van der Waals surface area contributed by atoms with Gasteiger partial charge in [-0.3, -0.25) is 0 Å². The van der Waals surface area contributed by atoms with Crippen molar-refractivity contribution in [2.45, 2.75) is 39.8 Å². The molecule has 5 heteroatoms. The fourth-order valence-electron chi connectivity index (χ4n) is 2.59. The minimum absolute atomic E-state index is 0.391. The van der Waals surface area contributed by atoms with E-state index in [0.29, 0.717) is 6.04 Å². The van der Waals surface area contributed by atoms with Gasteiger partial charge in [0.2, 0.25) is 0 Å². The lowest BCUT2D eigenvalue weighted by atomic mass is 10.1. The minimum atomic E-state index is 0.391. The number of aromatic nitrogens is 2. The number of nitrogens with zero attached hydrogens (tertiary/aromatic N) is 2. The average Bonchev–Trinajstić information content (AvgIpc) is 2.86. The zero-order valence-electron chi connectivity index (χ0n) is 14.7. The molecule has 0 saturated heterocycles. The quantitative estimate of drug-likeness (QED) is 0.813. The van der Waals surface area contributed by atoms with Crippen molar-refractivity contribution in [2.75, 3.05) is 20.8 Å². The number of imidazole rings is 1.